The molecule has 3 rings (SSSR count). The summed E-state index contributed by atoms with van der Waals surface area (Å²) in [7, 11) is -3.70. The molecule has 1 N–H and O–H groups in total. The Morgan fingerprint density at radius 2 is 1.14 bits per heavy atom. The molecule has 3 aromatic carbocycles. The molecule has 0 spiro atoms. The maximum Gasteiger partial charge on any atom is 0.371 e. The highest BCUT2D eigenvalue weighted by molar-refractivity contribution is 6.74. The first-order chi connectivity index (χ1) is 26.2. The van der Waals surface area contributed by atoms with Crippen molar-refractivity contribution in [3.05, 3.63) is 120 Å². The summed E-state index contributed by atoms with van der Waals surface area (Å²) < 4.78 is 39.3. The summed E-state index contributed by atoms with van der Waals surface area (Å²) in [5.41, 5.74) is 3.00. The van der Waals surface area contributed by atoms with E-state index in [1.165, 1.54) is 14.0 Å². The maximum absolute atomic E-state index is 13.3. The predicted molar refractivity (Wildman–Crippen MR) is 229 cm³/mol. The standard InChI is InChI=1S/C45H67NO8Si2/c1-34(47)46-38(28-29-39(43(48)49-8)53-55(9,10)44(2,3)4)41(54-56(11,12)45(5,6)7)42(52-32-37-26-20-15-21-27-37)40(51-31-36-24-18-14-19-25-36)33-50-30-35-22-16-13-17-23-35/h13-27,29,38,40-42H,28,30-33H2,1-12H3,(H,46,47). The van der Waals surface area contributed by atoms with Crippen molar-refractivity contribution in [2.45, 2.75) is 135 Å². The van der Waals surface area contributed by atoms with Gasteiger partial charge in [0.2, 0.25) is 5.91 Å². The van der Waals surface area contributed by atoms with Crippen LogP contribution in [0.15, 0.2) is 103 Å². The third-order valence-corrected chi connectivity index (χ3v) is 19.6. The highest BCUT2D eigenvalue weighted by Crippen LogP contribution is 2.40. The quantitative estimate of drug-likeness (QED) is 0.0492. The van der Waals surface area contributed by atoms with Crippen molar-refractivity contribution in [2.24, 2.45) is 0 Å². The van der Waals surface area contributed by atoms with Crippen LogP contribution in [-0.4, -0.2) is 66.6 Å². The Morgan fingerprint density at radius 1 is 0.679 bits per heavy atom. The van der Waals surface area contributed by atoms with Crippen molar-refractivity contribution in [1.82, 2.24) is 5.32 Å². The lowest BCUT2D eigenvalue weighted by Crippen LogP contribution is -2.59. The Balaban J connectivity index is 2.21. The number of benzene rings is 3. The van der Waals surface area contributed by atoms with E-state index in [4.69, 9.17) is 27.8 Å². The first-order valence-electron chi connectivity index (χ1n) is 19.6. The number of carbonyl (C=O) groups is 2. The Labute approximate surface area is 338 Å². The van der Waals surface area contributed by atoms with Crippen LogP contribution in [-0.2, 0) is 57.2 Å². The van der Waals surface area contributed by atoms with Gasteiger partial charge in [0.25, 0.3) is 8.32 Å². The number of hydrogen-bond donors (Lipinski definition) is 1. The van der Waals surface area contributed by atoms with E-state index in [-0.39, 0.29) is 41.4 Å². The fraction of sp³-hybridized carbons (Fsp3) is 0.511. The maximum atomic E-state index is 13.3. The van der Waals surface area contributed by atoms with E-state index in [1.54, 1.807) is 6.08 Å². The van der Waals surface area contributed by atoms with E-state index in [9.17, 15) is 9.59 Å². The number of hydrogen-bond acceptors (Lipinski definition) is 8. The van der Waals surface area contributed by atoms with Gasteiger partial charge in [-0.05, 0) is 65.5 Å². The van der Waals surface area contributed by atoms with Crippen LogP contribution in [0.1, 0.15) is 71.6 Å². The van der Waals surface area contributed by atoms with Gasteiger partial charge in [0.05, 0.1) is 45.7 Å². The zero-order valence-electron chi connectivity index (χ0n) is 35.8. The first-order valence-corrected chi connectivity index (χ1v) is 25.4. The highest BCUT2D eigenvalue weighted by Gasteiger charge is 2.46. The zero-order valence-corrected chi connectivity index (χ0v) is 37.8. The Kier molecular flexibility index (Phi) is 17.8. The van der Waals surface area contributed by atoms with Gasteiger partial charge < -0.3 is 33.1 Å². The van der Waals surface area contributed by atoms with Crippen LogP contribution < -0.4 is 5.32 Å². The monoisotopic (exact) mass is 805 g/mol. The van der Waals surface area contributed by atoms with Crippen LogP contribution in [0.2, 0.25) is 36.3 Å². The molecular weight excluding hydrogens is 739 g/mol. The Morgan fingerprint density at radius 3 is 1.59 bits per heavy atom. The molecule has 0 radical (unpaired) electrons. The third-order valence-electron chi connectivity index (χ3n) is 10.8. The van der Waals surface area contributed by atoms with Crippen molar-refractivity contribution in [3.63, 3.8) is 0 Å². The summed E-state index contributed by atoms with van der Waals surface area (Å²) in [4.78, 5) is 26.4. The Hall–Kier alpha value is -3.59. The van der Waals surface area contributed by atoms with Gasteiger partial charge in [0.1, 0.15) is 12.2 Å². The minimum absolute atomic E-state index is 0.116. The molecule has 0 saturated heterocycles. The molecule has 3 aromatic rings. The molecule has 0 heterocycles. The summed E-state index contributed by atoms with van der Waals surface area (Å²) in [5.74, 6) is -0.708. The van der Waals surface area contributed by atoms with Crippen LogP contribution in [0, 0.1) is 0 Å². The molecule has 4 unspecified atom stereocenters. The molecule has 0 fully saturated rings. The van der Waals surface area contributed by atoms with Gasteiger partial charge in [-0.25, -0.2) is 4.79 Å². The van der Waals surface area contributed by atoms with Crippen LogP contribution in [0.4, 0.5) is 0 Å². The molecule has 0 aliphatic rings. The topological polar surface area (TPSA) is 102 Å². The Bertz CT molecular complexity index is 1650. The van der Waals surface area contributed by atoms with Gasteiger partial charge in [0.15, 0.2) is 14.1 Å². The van der Waals surface area contributed by atoms with E-state index >= 15 is 0 Å². The van der Waals surface area contributed by atoms with Crippen LogP contribution in [0.5, 0.6) is 0 Å². The molecule has 1 amide bonds. The van der Waals surface area contributed by atoms with Crippen molar-refractivity contribution in [1.29, 1.82) is 0 Å². The fourth-order valence-electron chi connectivity index (χ4n) is 5.42. The lowest BCUT2D eigenvalue weighted by Gasteiger charge is -2.45. The van der Waals surface area contributed by atoms with Gasteiger partial charge in [-0.2, -0.15) is 0 Å². The van der Waals surface area contributed by atoms with Gasteiger partial charge in [0, 0.05) is 6.92 Å². The van der Waals surface area contributed by atoms with E-state index in [0.29, 0.717) is 13.2 Å². The van der Waals surface area contributed by atoms with Crippen molar-refractivity contribution < 1.29 is 37.4 Å². The average molecular weight is 806 g/mol. The molecule has 0 aliphatic heterocycles. The molecule has 0 aromatic heterocycles. The second kappa shape index (κ2) is 21.3. The predicted octanol–water partition coefficient (Wildman–Crippen LogP) is 9.74. The van der Waals surface area contributed by atoms with Gasteiger partial charge in [-0.1, -0.05) is 133 Å². The van der Waals surface area contributed by atoms with Crippen molar-refractivity contribution in [3.8, 4) is 0 Å². The lowest BCUT2D eigenvalue weighted by molar-refractivity contribution is -0.156. The highest BCUT2D eigenvalue weighted by atomic mass is 28.4. The van der Waals surface area contributed by atoms with Gasteiger partial charge >= 0.3 is 5.97 Å². The number of esters is 1. The minimum atomic E-state index is -2.58. The second-order valence-electron chi connectivity index (χ2n) is 17.4. The normalized spacial score (nSPS) is 15.0. The molecule has 9 nitrogen and oxygen atoms in total. The van der Waals surface area contributed by atoms with Crippen molar-refractivity contribution >= 4 is 28.5 Å². The summed E-state index contributed by atoms with van der Waals surface area (Å²) in [6, 6.07) is 29.3. The van der Waals surface area contributed by atoms with E-state index in [1.807, 2.05) is 91.0 Å². The average Bonchev–Trinajstić information content (AvgIpc) is 3.14. The third kappa shape index (κ3) is 14.7. The second-order valence-corrected chi connectivity index (χ2v) is 26.9. The molecular formula is C45H67NO8Si2. The number of rotatable bonds is 21. The minimum Gasteiger partial charge on any atom is -0.539 e. The molecule has 4 atom stereocenters. The molecule has 0 bridgehead atoms. The van der Waals surface area contributed by atoms with E-state index in [0.717, 1.165) is 16.7 Å². The summed E-state index contributed by atoms with van der Waals surface area (Å²) in [6.07, 6.45) is -0.195. The van der Waals surface area contributed by atoms with E-state index < -0.39 is 47.0 Å². The summed E-state index contributed by atoms with van der Waals surface area (Å²) >= 11 is 0. The first kappa shape index (κ1) is 46.8. The summed E-state index contributed by atoms with van der Waals surface area (Å²) in [5, 5.41) is 2.82. The van der Waals surface area contributed by atoms with Crippen LogP contribution >= 0.6 is 0 Å². The van der Waals surface area contributed by atoms with E-state index in [2.05, 4.69) is 73.0 Å². The summed E-state index contributed by atoms with van der Waals surface area (Å²) in [6.45, 7) is 24.0. The van der Waals surface area contributed by atoms with Crippen molar-refractivity contribution in [2.75, 3.05) is 13.7 Å². The molecule has 308 valence electrons. The number of carbonyl (C=O) groups excluding carboxylic acids is 2. The van der Waals surface area contributed by atoms with Crippen LogP contribution in [0.3, 0.4) is 0 Å². The fourth-order valence-corrected chi connectivity index (χ4v) is 7.78. The lowest BCUT2D eigenvalue weighted by atomic mass is 9.97. The molecule has 0 saturated carbocycles. The molecule has 11 heteroatoms. The number of ether oxygens (including phenoxy) is 4. The SMILES string of the molecule is COC(=O)C(=CCC(NC(C)=O)C(O[Si](C)(C)C(C)(C)C)C(OCc1ccccc1)C(COCc1ccccc1)OCc1ccccc1)O[Si](C)(C)C(C)(C)C. The zero-order chi connectivity index (χ0) is 41.6. The smallest absolute Gasteiger partial charge is 0.371 e. The van der Waals surface area contributed by atoms with Gasteiger partial charge in [-0.15, -0.1) is 0 Å². The molecule has 0 aliphatic carbocycles. The number of amides is 1. The van der Waals surface area contributed by atoms with Crippen LogP contribution in [0.25, 0.3) is 0 Å². The number of methoxy groups -OCH3 is 1. The largest absolute Gasteiger partial charge is 0.539 e. The number of nitrogens with one attached hydrogen (secondary N) is 1. The van der Waals surface area contributed by atoms with Gasteiger partial charge in [-0.3, -0.25) is 4.79 Å². The molecule has 56 heavy (non-hydrogen) atoms.